The number of para-hydroxylation sites is 3. The number of nitrogens with zero attached hydrogens (tertiary/aromatic N) is 6. The average Bonchev–Trinajstić information content (AvgIpc) is 3.94. The van der Waals surface area contributed by atoms with Crippen LogP contribution in [-0.2, 0) is 0 Å². The number of hydrogen-bond acceptors (Lipinski definition) is 3. The highest BCUT2D eigenvalue weighted by atomic mass is 15.3. The van der Waals surface area contributed by atoms with Crippen LogP contribution in [-0.4, -0.2) is 28.5 Å². The lowest BCUT2D eigenvalue weighted by Crippen LogP contribution is -1.97. The van der Waals surface area contributed by atoms with Crippen LogP contribution in [0.1, 0.15) is 0 Å². The number of rotatable bonds is 4. The SMILES string of the molecule is c1ccc(-c2cccc(-c3nc4nc(-c5cccc(-n6c7cccc8c9ccccc9n9c%10ccccc%10c%10ccc6c(c87)c%109)c5)nn4c4ccccc34)c2)cc1. The molecule has 0 saturated carbocycles. The van der Waals surface area contributed by atoms with Crippen molar-refractivity contribution in [2.75, 3.05) is 0 Å². The third-order valence-corrected chi connectivity index (χ3v) is 11.8. The van der Waals surface area contributed by atoms with Gasteiger partial charge in [0.2, 0.25) is 0 Å². The summed E-state index contributed by atoms with van der Waals surface area (Å²) >= 11 is 0. The molecule has 0 aliphatic heterocycles. The van der Waals surface area contributed by atoms with Gasteiger partial charge in [0.15, 0.2) is 5.82 Å². The smallest absolute Gasteiger partial charge is 0.253 e. The molecule has 13 aromatic rings. The molecular weight excluding hydrogens is 697 g/mol. The van der Waals surface area contributed by atoms with Crippen LogP contribution in [0.15, 0.2) is 182 Å². The molecule has 13 rings (SSSR count). The highest BCUT2D eigenvalue weighted by Crippen LogP contribution is 2.45. The quantitative estimate of drug-likeness (QED) is 0.181. The Kier molecular flexibility index (Phi) is 6.07. The third kappa shape index (κ3) is 4.21. The second kappa shape index (κ2) is 11.4. The lowest BCUT2D eigenvalue weighted by molar-refractivity contribution is 0.988. The number of fused-ring (bicyclic) bond motifs is 9. The Morgan fingerprint density at radius 1 is 0.368 bits per heavy atom. The maximum Gasteiger partial charge on any atom is 0.253 e. The average molecular weight is 727 g/mol. The van der Waals surface area contributed by atoms with Crippen LogP contribution in [0, 0.1) is 0 Å². The predicted octanol–water partition coefficient (Wildman–Crippen LogP) is 12.5. The van der Waals surface area contributed by atoms with Crippen LogP contribution >= 0.6 is 0 Å². The molecule has 0 amide bonds. The third-order valence-electron chi connectivity index (χ3n) is 11.8. The zero-order valence-corrected chi connectivity index (χ0v) is 30.5. The first-order valence-electron chi connectivity index (χ1n) is 19.3. The summed E-state index contributed by atoms with van der Waals surface area (Å²) in [4.78, 5) is 10.3. The van der Waals surface area contributed by atoms with Crippen molar-refractivity contribution >= 4 is 76.6 Å². The Morgan fingerprint density at radius 3 is 1.82 bits per heavy atom. The summed E-state index contributed by atoms with van der Waals surface area (Å²) in [7, 11) is 0. The van der Waals surface area contributed by atoms with Gasteiger partial charge in [0, 0.05) is 49.1 Å². The zero-order chi connectivity index (χ0) is 37.2. The molecule has 0 spiro atoms. The van der Waals surface area contributed by atoms with E-state index in [1.807, 2.05) is 16.6 Å². The molecular formula is C51H30N6. The van der Waals surface area contributed by atoms with Crippen molar-refractivity contribution in [3.63, 3.8) is 0 Å². The van der Waals surface area contributed by atoms with E-state index in [2.05, 4.69) is 179 Å². The number of benzene rings is 8. The highest BCUT2D eigenvalue weighted by Gasteiger charge is 2.23. The molecule has 0 bridgehead atoms. The van der Waals surface area contributed by atoms with Crippen molar-refractivity contribution in [2.24, 2.45) is 0 Å². The Morgan fingerprint density at radius 2 is 0.982 bits per heavy atom. The minimum absolute atomic E-state index is 0.562. The van der Waals surface area contributed by atoms with Gasteiger partial charge in [-0.05, 0) is 65.0 Å². The van der Waals surface area contributed by atoms with E-state index >= 15 is 0 Å². The lowest BCUT2D eigenvalue weighted by Gasteiger charge is -2.10. The molecule has 0 unspecified atom stereocenters. The molecule has 0 aliphatic rings. The molecule has 0 atom stereocenters. The fraction of sp³-hybridized carbons (Fsp3) is 0. The molecule has 0 radical (unpaired) electrons. The molecule has 0 N–H and O–H groups in total. The van der Waals surface area contributed by atoms with Crippen molar-refractivity contribution in [3.8, 4) is 39.5 Å². The molecule has 0 fully saturated rings. The summed E-state index contributed by atoms with van der Waals surface area (Å²) in [6.07, 6.45) is 0. The summed E-state index contributed by atoms with van der Waals surface area (Å²) < 4.78 is 6.77. The summed E-state index contributed by atoms with van der Waals surface area (Å²) in [6.45, 7) is 0. The molecule has 8 aromatic carbocycles. The van der Waals surface area contributed by atoms with Gasteiger partial charge >= 0.3 is 0 Å². The number of aromatic nitrogens is 6. The lowest BCUT2D eigenvalue weighted by atomic mass is 10.00. The zero-order valence-electron chi connectivity index (χ0n) is 30.5. The summed E-state index contributed by atoms with van der Waals surface area (Å²) in [5.74, 6) is 1.19. The van der Waals surface area contributed by atoms with Gasteiger partial charge in [-0.3, -0.25) is 0 Å². The van der Waals surface area contributed by atoms with Gasteiger partial charge < -0.3 is 8.97 Å². The topological polar surface area (TPSA) is 52.4 Å². The van der Waals surface area contributed by atoms with E-state index in [4.69, 9.17) is 15.1 Å². The standard InChI is InChI=1S/C51H30N6/c1-2-13-31(14-3-1)32-15-10-16-33(29-32)48-40-21-6-9-25-43(40)57-51(52-48)53-50(54-57)34-17-11-18-35(30-34)55-44-26-12-22-38-36-19-4-7-23-41(36)56-42-24-8-5-20-37(42)39-27-28-45(55)47(46(38)44)49(39)56/h1-30H. The minimum atomic E-state index is 0.562. The normalized spacial score (nSPS) is 12.2. The van der Waals surface area contributed by atoms with E-state index in [9.17, 15) is 0 Å². The Balaban J connectivity index is 1.03. The van der Waals surface area contributed by atoms with Crippen LogP contribution in [0.5, 0.6) is 0 Å². The number of hydrogen-bond donors (Lipinski definition) is 0. The van der Waals surface area contributed by atoms with Gasteiger partial charge in [-0.2, -0.15) is 9.50 Å². The molecule has 6 nitrogen and oxygen atoms in total. The Labute approximate surface area is 325 Å². The van der Waals surface area contributed by atoms with Crippen molar-refractivity contribution in [1.29, 1.82) is 0 Å². The Bertz CT molecular complexity index is 3760. The fourth-order valence-electron chi connectivity index (χ4n) is 9.41. The molecule has 5 heterocycles. The van der Waals surface area contributed by atoms with Crippen LogP contribution in [0.4, 0.5) is 0 Å². The van der Waals surface area contributed by atoms with Crippen molar-refractivity contribution in [1.82, 2.24) is 28.5 Å². The first kappa shape index (κ1) is 30.5. The summed E-state index contributed by atoms with van der Waals surface area (Å²) in [5, 5.41) is 13.7. The van der Waals surface area contributed by atoms with Gasteiger partial charge in [0.25, 0.3) is 5.78 Å². The van der Waals surface area contributed by atoms with E-state index in [1.165, 1.54) is 59.9 Å². The van der Waals surface area contributed by atoms with Crippen molar-refractivity contribution in [2.45, 2.75) is 0 Å². The minimum Gasteiger partial charge on any atom is -0.309 e. The highest BCUT2D eigenvalue weighted by molar-refractivity contribution is 6.33. The molecule has 57 heavy (non-hydrogen) atoms. The second-order valence-corrected chi connectivity index (χ2v) is 14.9. The largest absolute Gasteiger partial charge is 0.309 e. The molecule has 264 valence electrons. The fourth-order valence-corrected chi connectivity index (χ4v) is 9.41. The van der Waals surface area contributed by atoms with E-state index in [0.29, 0.717) is 11.6 Å². The van der Waals surface area contributed by atoms with E-state index < -0.39 is 0 Å². The van der Waals surface area contributed by atoms with E-state index in [-0.39, 0.29) is 0 Å². The summed E-state index contributed by atoms with van der Waals surface area (Å²) in [6, 6.07) is 64.9. The van der Waals surface area contributed by atoms with Crippen molar-refractivity contribution in [3.05, 3.63) is 182 Å². The van der Waals surface area contributed by atoms with Gasteiger partial charge in [-0.15, -0.1) is 5.10 Å². The van der Waals surface area contributed by atoms with Gasteiger partial charge in [-0.25, -0.2) is 4.98 Å². The van der Waals surface area contributed by atoms with E-state index in [1.54, 1.807) is 0 Å². The van der Waals surface area contributed by atoms with Crippen LogP contribution in [0.25, 0.3) is 116 Å². The van der Waals surface area contributed by atoms with Gasteiger partial charge in [0.05, 0.1) is 38.8 Å². The van der Waals surface area contributed by atoms with Crippen LogP contribution < -0.4 is 0 Å². The second-order valence-electron chi connectivity index (χ2n) is 14.9. The van der Waals surface area contributed by atoms with Crippen LogP contribution in [0.2, 0.25) is 0 Å². The first-order chi connectivity index (χ1) is 28.3. The first-order valence-corrected chi connectivity index (χ1v) is 19.3. The maximum absolute atomic E-state index is 5.18. The monoisotopic (exact) mass is 726 g/mol. The maximum atomic E-state index is 5.18. The molecule has 6 heteroatoms. The van der Waals surface area contributed by atoms with Crippen LogP contribution in [0.3, 0.4) is 0 Å². The van der Waals surface area contributed by atoms with E-state index in [0.717, 1.165) is 44.5 Å². The molecule has 5 aromatic heterocycles. The molecule has 0 aliphatic carbocycles. The Hall–Kier alpha value is -7.83. The van der Waals surface area contributed by atoms with Gasteiger partial charge in [0.1, 0.15) is 0 Å². The summed E-state index contributed by atoms with van der Waals surface area (Å²) in [5.41, 5.74) is 13.2. The molecule has 0 saturated heterocycles. The van der Waals surface area contributed by atoms with Gasteiger partial charge in [-0.1, -0.05) is 133 Å². The van der Waals surface area contributed by atoms with Crippen molar-refractivity contribution < 1.29 is 0 Å². The predicted molar refractivity (Wildman–Crippen MR) is 234 cm³/mol.